The van der Waals surface area contributed by atoms with Gasteiger partial charge in [0.2, 0.25) is 5.91 Å². The van der Waals surface area contributed by atoms with Crippen molar-refractivity contribution in [1.29, 1.82) is 0 Å². The lowest BCUT2D eigenvalue weighted by atomic mass is 10.0. The first-order chi connectivity index (χ1) is 19.5. The largest absolute Gasteiger partial charge is 0.438 e. The number of nitrogens with one attached hydrogen (secondary N) is 1. The van der Waals surface area contributed by atoms with Gasteiger partial charge in [0.05, 0.1) is 20.4 Å². The van der Waals surface area contributed by atoms with Gasteiger partial charge < -0.3 is 22.7 Å². The van der Waals surface area contributed by atoms with E-state index in [1.54, 1.807) is 12.1 Å². The van der Waals surface area contributed by atoms with Crippen molar-refractivity contribution < 1.29 is 44.9 Å². The summed E-state index contributed by atoms with van der Waals surface area (Å²) >= 11 is 0. The van der Waals surface area contributed by atoms with Crippen LogP contribution < -0.4 is 10.5 Å². The van der Waals surface area contributed by atoms with Gasteiger partial charge in [0.1, 0.15) is 6.42 Å². The molecule has 1 aromatic carbocycles. The summed E-state index contributed by atoms with van der Waals surface area (Å²) < 4.78 is 62.2. The third-order valence-corrected chi connectivity index (χ3v) is 23.7. The maximum absolute atomic E-state index is 12.6. The van der Waals surface area contributed by atoms with Crippen LogP contribution in [-0.2, 0) is 31.8 Å². The monoisotopic (exact) mass is 663 g/mol. The molecule has 2 heterocycles. The molecular weight excluding hydrogens is 620 g/mol. The lowest BCUT2D eigenvalue weighted by Crippen LogP contribution is -2.50. The molecule has 1 amide bonds. The molecule has 0 aromatic heterocycles. The molecule has 0 saturated carbocycles. The zero-order valence-electron chi connectivity index (χ0n) is 25.2. The van der Waals surface area contributed by atoms with Crippen LogP contribution in [0.1, 0.15) is 38.5 Å². The van der Waals surface area contributed by atoms with E-state index in [-0.39, 0.29) is 12.3 Å². The molecule has 4 atom stereocenters. The Kier molecular flexibility index (Phi) is 12.0. The van der Waals surface area contributed by atoms with Gasteiger partial charge in [0, 0.05) is 12.3 Å². The number of anilines is 1. The Labute approximate surface area is 251 Å². The fourth-order valence-corrected chi connectivity index (χ4v) is 22.7. The van der Waals surface area contributed by atoms with Crippen LogP contribution in [0.3, 0.4) is 0 Å². The third kappa shape index (κ3) is 11.1. The van der Waals surface area contributed by atoms with Crippen LogP contribution in [0.5, 0.6) is 0 Å². The van der Waals surface area contributed by atoms with E-state index in [1.165, 1.54) is 0 Å². The second-order valence-corrected chi connectivity index (χ2v) is 27.4. The summed E-state index contributed by atoms with van der Waals surface area (Å²) in [4.78, 5) is 35.1. The SMILES string of the molecule is C[SiH]1O[Si](C)(CC[Si](C)(C)c2cccc(NC(=O)CC(F)(F)F)c2)CCCCO[Si](C)(CCCC2CC(=O)OC2=O)O1. The van der Waals surface area contributed by atoms with E-state index in [9.17, 15) is 27.6 Å². The number of rotatable bonds is 10. The maximum Gasteiger partial charge on any atom is 0.397 e. The minimum atomic E-state index is -4.55. The molecule has 2 saturated heterocycles. The summed E-state index contributed by atoms with van der Waals surface area (Å²) in [6.07, 6.45) is -2.68. The van der Waals surface area contributed by atoms with Crippen LogP contribution in [0, 0.1) is 5.92 Å². The highest BCUT2D eigenvalue weighted by Crippen LogP contribution is 2.31. The Balaban J connectivity index is 1.59. The van der Waals surface area contributed by atoms with Crippen LogP contribution in [-0.4, -0.2) is 64.9 Å². The van der Waals surface area contributed by atoms with Crippen LogP contribution in [0.15, 0.2) is 24.3 Å². The topological polar surface area (TPSA) is 100 Å². The van der Waals surface area contributed by atoms with E-state index in [4.69, 9.17) is 12.7 Å². The number of benzene rings is 1. The van der Waals surface area contributed by atoms with Gasteiger partial charge in [-0.2, -0.15) is 13.2 Å². The van der Waals surface area contributed by atoms with Gasteiger partial charge in [-0.25, -0.2) is 0 Å². The molecule has 3 rings (SSSR count). The number of cyclic esters (lactones) is 2. The highest BCUT2D eigenvalue weighted by Gasteiger charge is 2.41. The molecular formula is C27H44F3NO7Si4. The molecule has 0 spiro atoms. The Morgan fingerprint density at radius 2 is 1.88 bits per heavy atom. The zero-order chi connectivity index (χ0) is 31.2. The minimum absolute atomic E-state index is 0.147. The number of hydrogen-bond donors (Lipinski definition) is 1. The number of carbonyl (C=O) groups excluding carboxylic acids is 3. The van der Waals surface area contributed by atoms with Crippen LogP contribution in [0.4, 0.5) is 18.9 Å². The first-order valence-electron chi connectivity index (χ1n) is 14.7. The van der Waals surface area contributed by atoms with Gasteiger partial charge in [0.15, 0.2) is 8.32 Å². The summed E-state index contributed by atoms with van der Waals surface area (Å²) in [6, 6.07) is 10.9. The first-order valence-corrected chi connectivity index (χ1v) is 25.3. The van der Waals surface area contributed by atoms with Gasteiger partial charge in [-0.1, -0.05) is 49.3 Å². The molecule has 2 aliphatic rings. The fourth-order valence-electron chi connectivity index (χ4n) is 5.61. The second-order valence-electron chi connectivity index (χ2n) is 12.6. The summed E-state index contributed by atoms with van der Waals surface area (Å²) in [7, 11) is -8.70. The summed E-state index contributed by atoms with van der Waals surface area (Å²) in [5.41, 5.74) is 0.385. The molecule has 1 aromatic rings. The van der Waals surface area contributed by atoms with Crippen molar-refractivity contribution in [1.82, 2.24) is 0 Å². The Bertz CT molecular complexity index is 1130. The van der Waals surface area contributed by atoms with E-state index >= 15 is 0 Å². The number of hydrogen-bond acceptors (Lipinski definition) is 7. The van der Waals surface area contributed by atoms with E-state index in [0.717, 1.165) is 48.6 Å². The molecule has 2 fully saturated rings. The first kappa shape index (κ1) is 34.9. The van der Waals surface area contributed by atoms with Crippen molar-refractivity contribution >= 4 is 63.0 Å². The molecule has 4 unspecified atom stereocenters. The molecule has 42 heavy (non-hydrogen) atoms. The van der Waals surface area contributed by atoms with E-state index in [0.29, 0.717) is 18.7 Å². The predicted molar refractivity (Wildman–Crippen MR) is 164 cm³/mol. The lowest BCUT2D eigenvalue weighted by molar-refractivity contribution is -0.154. The minimum Gasteiger partial charge on any atom is -0.438 e. The van der Waals surface area contributed by atoms with E-state index in [2.05, 4.69) is 42.8 Å². The van der Waals surface area contributed by atoms with Gasteiger partial charge in [-0.15, -0.1) is 0 Å². The second kappa shape index (κ2) is 14.4. The van der Waals surface area contributed by atoms with Crippen molar-refractivity contribution in [2.24, 2.45) is 5.92 Å². The summed E-state index contributed by atoms with van der Waals surface area (Å²) in [5, 5.41) is 3.47. The van der Waals surface area contributed by atoms with Crippen molar-refractivity contribution in [3.05, 3.63) is 24.3 Å². The molecule has 0 radical (unpaired) electrons. The van der Waals surface area contributed by atoms with Crippen molar-refractivity contribution in [3.63, 3.8) is 0 Å². The number of ether oxygens (including phenoxy) is 1. The quantitative estimate of drug-likeness (QED) is 0.195. The molecule has 0 bridgehead atoms. The summed E-state index contributed by atoms with van der Waals surface area (Å²) in [5.74, 6) is -2.33. The maximum atomic E-state index is 12.6. The molecule has 236 valence electrons. The number of alkyl halides is 3. The van der Waals surface area contributed by atoms with Gasteiger partial charge in [-0.05, 0) is 62.7 Å². The van der Waals surface area contributed by atoms with Gasteiger partial charge >= 0.3 is 26.7 Å². The normalized spacial score (nSPS) is 27.9. The van der Waals surface area contributed by atoms with Crippen LogP contribution in [0.2, 0.25) is 56.9 Å². The number of halogens is 3. The average molecular weight is 664 g/mol. The summed E-state index contributed by atoms with van der Waals surface area (Å²) in [6.45, 7) is 11.5. The molecule has 15 heteroatoms. The van der Waals surface area contributed by atoms with Gasteiger partial charge in [-0.3, -0.25) is 14.4 Å². The Morgan fingerprint density at radius 3 is 2.55 bits per heavy atom. The Hall–Kier alpha value is -1.63. The van der Waals surface area contributed by atoms with Gasteiger partial charge in [0.25, 0.3) is 9.28 Å². The van der Waals surface area contributed by atoms with Crippen LogP contribution in [0.25, 0.3) is 0 Å². The van der Waals surface area contributed by atoms with Crippen molar-refractivity contribution in [3.8, 4) is 0 Å². The Morgan fingerprint density at radius 1 is 1.14 bits per heavy atom. The average Bonchev–Trinajstić information content (AvgIpc) is 3.17. The van der Waals surface area contributed by atoms with Crippen molar-refractivity contribution in [2.45, 2.75) is 102 Å². The smallest absolute Gasteiger partial charge is 0.397 e. The number of carbonyl (C=O) groups is 3. The van der Waals surface area contributed by atoms with E-state index < -0.39 is 64.7 Å². The third-order valence-electron chi connectivity index (χ3n) is 8.09. The molecule has 1 N–H and O–H groups in total. The standard InChI is InChI=1S/C27H44F3NO7Si4/c1-39-37-41(4,14-7-6-13-35-42(5,38-39)15-9-10-21-18-25(33)36-26(21)34)17-16-40(2,3)23-12-8-11-22(19-23)31-24(32)20-27(28,29)30/h8,11-12,19,21,39H,6-7,9-10,13-18,20H2,1-5H3,(H,31,32). The van der Waals surface area contributed by atoms with Crippen molar-refractivity contribution in [2.75, 3.05) is 11.9 Å². The molecule has 8 nitrogen and oxygen atoms in total. The highest BCUT2D eigenvalue weighted by molar-refractivity contribution is 6.91. The lowest BCUT2D eigenvalue weighted by Gasteiger charge is -2.38. The fraction of sp³-hybridized carbons (Fsp3) is 0.667. The zero-order valence-corrected chi connectivity index (χ0v) is 29.4. The highest BCUT2D eigenvalue weighted by atomic mass is 28.5. The number of amides is 1. The number of esters is 2. The predicted octanol–water partition coefficient (Wildman–Crippen LogP) is 5.70. The molecule has 0 aliphatic carbocycles. The molecule has 2 aliphatic heterocycles. The van der Waals surface area contributed by atoms with E-state index in [1.807, 2.05) is 12.1 Å². The van der Waals surface area contributed by atoms with Crippen LogP contribution >= 0.6 is 0 Å².